The highest BCUT2D eigenvalue weighted by atomic mass is 16.7. The Balaban J connectivity index is 1.30. The number of allylic oxidation sites excluding steroid dienone is 2. The highest BCUT2D eigenvalue weighted by molar-refractivity contribution is 5.76. The molecular formula is C35H56O8. The second-order valence-electron chi connectivity index (χ2n) is 17.2. The van der Waals surface area contributed by atoms with Crippen molar-refractivity contribution in [1.29, 1.82) is 0 Å². The minimum Gasteiger partial charge on any atom is -0.481 e. The van der Waals surface area contributed by atoms with Crippen LogP contribution in [0.4, 0.5) is 0 Å². The molecular weight excluding hydrogens is 548 g/mol. The molecule has 6 aliphatic rings. The molecule has 1 heterocycles. The Hall–Kier alpha value is -1.03. The second-order valence-corrected chi connectivity index (χ2v) is 17.2. The van der Waals surface area contributed by atoms with Gasteiger partial charge in [-0.3, -0.25) is 4.79 Å². The van der Waals surface area contributed by atoms with Gasteiger partial charge >= 0.3 is 5.97 Å². The number of ether oxygens (including phenoxy) is 2. The van der Waals surface area contributed by atoms with Crippen molar-refractivity contribution in [1.82, 2.24) is 0 Å². The Kier molecular flexibility index (Phi) is 7.60. The molecule has 5 N–H and O–H groups in total. The number of aliphatic hydroxyl groups is 4. The molecule has 5 fully saturated rings. The van der Waals surface area contributed by atoms with Crippen molar-refractivity contribution in [3.05, 3.63) is 11.6 Å². The number of carboxylic acids is 1. The van der Waals surface area contributed by atoms with Gasteiger partial charge in [-0.05, 0) is 109 Å². The average Bonchev–Trinajstić information content (AvgIpc) is 2.94. The van der Waals surface area contributed by atoms with Crippen LogP contribution in [0, 0.1) is 50.2 Å². The molecule has 8 nitrogen and oxygen atoms in total. The molecule has 0 bridgehead atoms. The molecule has 13 atom stereocenters. The molecule has 3 unspecified atom stereocenters. The number of hydrogen-bond donors (Lipinski definition) is 5. The predicted octanol–water partition coefficient (Wildman–Crippen LogP) is 4.67. The third kappa shape index (κ3) is 4.32. The van der Waals surface area contributed by atoms with Crippen LogP contribution in [0.1, 0.15) is 106 Å². The van der Waals surface area contributed by atoms with Gasteiger partial charge in [0.25, 0.3) is 0 Å². The Morgan fingerprint density at radius 1 is 0.930 bits per heavy atom. The molecule has 1 saturated heterocycles. The monoisotopic (exact) mass is 604 g/mol. The summed E-state index contributed by atoms with van der Waals surface area (Å²) in [6, 6.07) is 0. The van der Waals surface area contributed by atoms with E-state index in [2.05, 4.69) is 47.6 Å². The highest BCUT2D eigenvalue weighted by Gasteiger charge is 2.69. The minimum absolute atomic E-state index is 0.0330. The molecule has 8 heteroatoms. The number of fused-ring (bicyclic) bond motifs is 7. The highest BCUT2D eigenvalue weighted by Crippen LogP contribution is 2.76. The van der Waals surface area contributed by atoms with Crippen LogP contribution in [0.15, 0.2) is 11.6 Å². The van der Waals surface area contributed by atoms with E-state index in [4.69, 9.17) is 9.47 Å². The Morgan fingerprint density at radius 3 is 2.30 bits per heavy atom. The topological polar surface area (TPSA) is 137 Å². The number of rotatable bonds is 4. The molecule has 5 aliphatic carbocycles. The lowest BCUT2D eigenvalue weighted by Crippen LogP contribution is -2.65. The number of aliphatic carboxylic acids is 1. The van der Waals surface area contributed by atoms with Crippen LogP contribution in [-0.2, 0) is 14.3 Å². The maximum absolute atomic E-state index is 12.9. The Bertz CT molecular complexity index is 1150. The van der Waals surface area contributed by atoms with E-state index in [-0.39, 0.29) is 52.3 Å². The molecule has 6 rings (SSSR count). The Labute approximate surface area is 257 Å². The predicted molar refractivity (Wildman–Crippen MR) is 161 cm³/mol. The van der Waals surface area contributed by atoms with Crippen molar-refractivity contribution in [2.75, 3.05) is 13.2 Å². The van der Waals surface area contributed by atoms with E-state index in [9.17, 15) is 30.3 Å². The lowest BCUT2D eigenvalue weighted by Gasteiger charge is -2.71. The summed E-state index contributed by atoms with van der Waals surface area (Å²) in [6.07, 6.45) is 6.28. The quantitative estimate of drug-likeness (QED) is 0.231. The summed E-state index contributed by atoms with van der Waals surface area (Å²) in [5.74, 6) is 0.152. The van der Waals surface area contributed by atoms with Crippen LogP contribution >= 0.6 is 0 Å². The van der Waals surface area contributed by atoms with Crippen LogP contribution < -0.4 is 0 Å². The van der Waals surface area contributed by atoms with Gasteiger partial charge in [0, 0.05) is 6.61 Å². The third-order valence-corrected chi connectivity index (χ3v) is 15.0. The van der Waals surface area contributed by atoms with Crippen molar-refractivity contribution in [2.24, 2.45) is 50.2 Å². The van der Waals surface area contributed by atoms with Gasteiger partial charge in [-0.15, -0.1) is 0 Å². The van der Waals surface area contributed by atoms with Crippen LogP contribution in [0.25, 0.3) is 0 Å². The van der Waals surface area contributed by atoms with Crippen molar-refractivity contribution in [3.8, 4) is 0 Å². The van der Waals surface area contributed by atoms with Gasteiger partial charge in [-0.2, -0.15) is 0 Å². The SMILES string of the molecule is CC1(C)C2CC[C@]3(C)C(CC=C4[C@@H]5C[C@@](C)(CO)CC[C@]5(C(=O)O)CCC43C)[C@@]2(C)CC[C@@H]1O[C@@H]1OC[C@H](O)[C@H](O)[C@H]1O. The molecule has 244 valence electrons. The van der Waals surface area contributed by atoms with Crippen molar-refractivity contribution < 1.29 is 39.8 Å². The number of carbonyl (C=O) groups is 1. The fourth-order valence-corrected chi connectivity index (χ4v) is 12.0. The van der Waals surface area contributed by atoms with E-state index in [0.29, 0.717) is 24.7 Å². The summed E-state index contributed by atoms with van der Waals surface area (Å²) in [5.41, 5.74) is 0.217. The largest absolute Gasteiger partial charge is 0.481 e. The second kappa shape index (κ2) is 10.2. The van der Waals surface area contributed by atoms with Gasteiger partial charge in [-0.1, -0.05) is 53.2 Å². The Morgan fingerprint density at radius 2 is 1.63 bits per heavy atom. The lowest BCUT2D eigenvalue weighted by atomic mass is 9.33. The maximum Gasteiger partial charge on any atom is 0.310 e. The van der Waals surface area contributed by atoms with Gasteiger partial charge in [-0.25, -0.2) is 0 Å². The van der Waals surface area contributed by atoms with E-state index >= 15 is 0 Å². The average molecular weight is 605 g/mol. The molecule has 4 saturated carbocycles. The van der Waals surface area contributed by atoms with Gasteiger partial charge in [0.05, 0.1) is 18.1 Å². The van der Waals surface area contributed by atoms with Crippen LogP contribution in [-0.4, -0.2) is 75.4 Å². The van der Waals surface area contributed by atoms with E-state index in [1.165, 1.54) is 5.57 Å². The van der Waals surface area contributed by atoms with E-state index in [1.54, 1.807) is 0 Å². The molecule has 0 radical (unpaired) electrons. The summed E-state index contributed by atoms with van der Waals surface area (Å²) in [6.45, 7) is 14.2. The van der Waals surface area contributed by atoms with Crippen LogP contribution in [0.5, 0.6) is 0 Å². The summed E-state index contributed by atoms with van der Waals surface area (Å²) in [7, 11) is 0. The van der Waals surface area contributed by atoms with E-state index in [0.717, 1.165) is 51.4 Å². The summed E-state index contributed by atoms with van der Waals surface area (Å²) in [5, 5.41) is 51.7. The van der Waals surface area contributed by atoms with E-state index < -0.39 is 36.0 Å². The van der Waals surface area contributed by atoms with Crippen molar-refractivity contribution in [3.63, 3.8) is 0 Å². The van der Waals surface area contributed by atoms with Crippen molar-refractivity contribution in [2.45, 2.75) is 136 Å². The molecule has 0 amide bonds. The first-order valence-electron chi connectivity index (χ1n) is 16.9. The van der Waals surface area contributed by atoms with E-state index in [1.807, 2.05) is 0 Å². The van der Waals surface area contributed by atoms with Gasteiger partial charge < -0.3 is 35.0 Å². The first-order chi connectivity index (χ1) is 20.0. The molecule has 0 aromatic carbocycles. The minimum atomic E-state index is -1.29. The smallest absolute Gasteiger partial charge is 0.310 e. The lowest BCUT2D eigenvalue weighted by molar-refractivity contribution is -0.308. The molecule has 43 heavy (non-hydrogen) atoms. The summed E-state index contributed by atoms with van der Waals surface area (Å²) >= 11 is 0. The summed E-state index contributed by atoms with van der Waals surface area (Å²) < 4.78 is 12.1. The third-order valence-electron chi connectivity index (χ3n) is 15.0. The van der Waals surface area contributed by atoms with Crippen LogP contribution in [0.3, 0.4) is 0 Å². The van der Waals surface area contributed by atoms with Gasteiger partial charge in [0.15, 0.2) is 6.29 Å². The van der Waals surface area contributed by atoms with Crippen molar-refractivity contribution >= 4 is 5.97 Å². The standard InChI is InChI=1S/C35H56O8/c1-30(2)23-9-12-34(6)24(32(23,4)11-10-25(30)43-28-27(39)26(38)22(37)18-42-28)8-7-20-21-17-31(3,19-36)13-15-35(21,29(40)41)16-14-33(20,34)5/h7,21-28,36-39H,8-19H2,1-6H3,(H,40,41)/t21-,22-,23?,24?,25-,26-,27+,28-,31-,32-,33?,34+,35-/m0/s1. The van der Waals surface area contributed by atoms with Gasteiger partial charge in [0.1, 0.15) is 18.3 Å². The zero-order chi connectivity index (χ0) is 31.4. The summed E-state index contributed by atoms with van der Waals surface area (Å²) in [4.78, 5) is 12.9. The molecule has 0 aromatic heterocycles. The van der Waals surface area contributed by atoms with Gasteiger partial charge in [0.2, 0.25) is 0 Å². The number of aliphatic hydroxyl groups excluding tert-OH is 4. The fourth-order valence-electron chi connectivity index (χ4n) is 12.0. The zero-order valence-corrected chi connectivity index (χ0v) is 27.1. The molecule has 1 aliphatic heterocycles. The number of carboxylic acid groups (broad SMARTS) is 1. The molecule has 0 spiro atoms. The maximum atomic E-state index is 12.9. The first-order valence-corrected chi connectivity index (χ1v) is 16.9. The zero-order valence-electron chi connectivity index (χ0n) is 27.1. The first kappa shape index (κ1) is 31.9. The normalized spacial score (nSPS) is 54.3. The molecule has 0 aromatic rings. The number of hydrogen-bond acceptors (Lipinski definition) is 7. The fraction of sp³-hybridized carbons (Fsp3) is 0.914. The van der Waals surface area contributed by atoms with Crippen LogP contribution in [0.2, 0.25) is 0 Å².